The summed E-state index contributed by atoms with van der Waals surface area (Å²) in [5.41, 5.74) is -5.69. The SMILES string of the molecule is COc1cccc2c1C(=O)c1c(O)c3c(c(O)c1C2=O)C[C@@](O)(C(=O)CO)C[C@@H]3OC1CC(NCN2C(=O)CC(SCCC(=O)NCn3c(=O)c(C)cn([C@H]4CC(O)[C@@H](CO)O4)c3=O)C2=O)C(O)C(C)O1. The van der Waals surface area contributed by atoms with Gasteiger partial charge in [0.05, 0.1) is 66.7 Å². The number of carbonyl (C=O) groups excluding carboxylic acids is 6. The van der Waals surface area contributed by atoms with Gasteiger partial charge in [0, 0.05) is 78.8 Å². The van der Waals surface area contributed by atoms with Crippen molar-refractivity contribution in [3.8, 4) is 17.2 Å². The fourth-order valence-electron chi connectivity index (χ4n) is 9.78. The first-order valence-corrected chi connectivity index (χ1v) is 23.7. The van der Waals surface area contributed by atoms with E-state index >= 15 is 0 Å². The first kappa shape index (κ1) is 51.5. The minimum Gasteiger partial charge on any atom is -0.507 e. The summed E-state index contributed by atoms with van der Waals surface area (Å²) in [6.45, 7) is 0.493. The lowest BCUT2D eigenvalue weighted by molar-refractivity contribution is -0.250. The third-order valence-electron chi connectivity index (χ3n) is 13.6. The predicted molar refractivity (Wildman–Crippen MR) is 242 cm³/mol. The molecule has 4 heterocycles. The number of aromatic nitrogens is 2. The summed E-state index contributed by atoms with van der Waals surface area (Å²) in [7, 11) is 1.28. The number of thioether (sulfide) groups is 1. The largest absolute Gasteiger partial charge is 0.507 e. The van der Waals surface area contributed by atoms with Gasteiger partial charge in [-0.15, -0.1) is 11.8 Å². The van der Waals surface area contributed by atoms with Gasteiger partial charge in [-0.1, -0.05) is 12.1 Å². The van der Waals surface area contributed by atoms with E-state index in [2.05, 4.69) is 10.6 Å². The molecule has 0 saturated carbocycles. The highest BCUT2D eigenvalue weighted by molar-refractivity contribution is 8.00. The summed E-state index contributed by atoms with van der Waals surface area (Å²) < 4.78 is 25.0. The van der Waals surface area contributed by atoms with Gasteiger partial charge >= 0.3 is 5.69 Å². The quantitative estimate of drug-likeness (QED) is 0.0428. The molecule has 3 fully saturated rings. The molecule has 10 atom stereocenters. The van der Waals surface area contributed by atoms with Crippen LogP contribution in [0.15, 0.2) is 34.0 Å². The first-order valence-electron chi connectivity index (χ1n) is 22.7. The van der Waals surface area contributed by atoms with Gasteiger partial charge in [0.1, 0.15) is 48.5 Å². The number of hydrogen-bond donors (Lipinski definition) is 9. The Balaban J connectivity index is 0.907. The highest BCUT2D eigenvalue weighted by Crippen LogP contribution is 2.52. The number of amides is 3. The number of nitrogens with zero attached hydrogens (tertiary/aromatic N) is 3. The smallest absolute Gasteiger partial charge is 0.334 e. The fraction of sp³-hybridized carbons (Fsp3) is 0.522. The Labute approximate surface area is 407 Å². The normalized spacial score (nSPS) is 28.2. The number of rotatable bonds is 16. The number of hydrogen-bond acceptors (Lipinski definition) is 21. The van der Waals surface area contributed by atoms with Crippen LogP contribution in [0, 0.1) is 6.92 Å². The number of nitrogens with one attached hydrogen (secondary N) is 2. The topological polar surface area (TPSA) is 352 Å². The zero-order valence-electron chi connectivity index (χ0n) is 38.6. The number of ketones is 3. The van der Waals surface area contributed by atoms with Crippen LogP contribution in [0.2, 0.25) is 0 Å². The Bertz CT molecular complexity index is 2820. The molecule has 382 valence electrons. The van der Waals surface area contributed by atoms with Crippen molar-refractivity contribution in [1.29, 1.82) is 0 Å². The average molecular weight is 1010 g/mol. The van der Waals surface area contributed by atoms with Crippen LogP contribution in [0.25, 0.3) is 0 Å². The Kier molecular flexibility index (Phi) is 14.7. The van der Waals surface area contributed by atoms with E-state index in [1.807, 2.05) is 0 Å². The van der Waals surface area contributed by atoms with Crippen LogP contribution in [0.5, 0.6) is 17.2 Å². The molecule has 9 N–H and O–H groups in total. The molecular weight excluding hydrogens is 959 g/mol. The summed E-state index contributed by atoms with van der Waals surface area (Å²) >= 11 is 1.04. The molecule has 25 heteroatoms. The number of likely N-dealkylation sites (tertiary alicyclic amines) is 1. The van der Waals surface area contributed by atoms with E-state index in [-0.39, 0.29) is 71.7 Å². The van der Waals surface area contributed by atoms with Crippen molar-refractivity contribution in [2.75, 3.05) is 32.7 Å². The molecule has 8 rings (SSSR count). The van der Waals surface area contributed by atoms with Crippen LogP contribution in [0.3, 0.4) is 0 Å². The lowest BCUT2D eigenvalue weighted by atomic mass is 9.72. The third kappa shape index (κ3) is 9.42. The monoisotopic (exact) mass is 1010 g/mol. The van der Waals surface area contributed by atoms with E-state index in [4.69, 9.17) is 18.9 Å². The lowest BCUT2D eigenvalue weighted by Crippen LogP contribution is -2.56. The van der Waals surface area contributed by atoms with E-state index in [9.17, 15) is 74.1 Å². The number of aryl methyl sites for hydroxylation is 1. The fourth-order valence-corrected chi connectivity index (χ4v) is 10.9. The van der Waals surface area contributed by atoms with Crippen molar-refractivity contribution in [3.05, 3.63) is 84.2 Å². The number of aliphatic hydroxyl groups excluding tert-OH is 4. The lowest BCUT2D eigenvalue weighted by Gasteiger charge is -2.43. The van der Waals surface area contributed by atoms with Gasteiger partial charge in [0.25, 0.3) is 5.56 Å². The Morgan fingerprint density at radius 3 is 2.39 bits per heavy atom. The van der Waals surface area contributed by atoms with Gasteiger partial charge in [-0.05, 0) is 19.9 Å². The Morgan fingerprint density at radius 2 is 1.70 bits per heavy atom. The predicted octanol–water partition coefficient (Wildman–Crippen LogP) is -2.11. The maximum Gasteiger partial charge on any atom is 0.334 e. The number of imide groups is 1. The summed E-state index contributed by atoms with van der Waals surface area (Å²) in [6.07, 6.45) is -8.60. The molecule has 71 heavy (non-hydrogen) atoms. The minimum absolute atomic E-state index is 0.0115. The molecule has 2 aromatic carbocycles. The second-order valence-electron chi connectivity index (χ2n) is 18.0. The first-order chi connectivity index (χ1) is 33.7. The number of phenolic OH excluding ortho intramolecular Hbond substituents is 2. The molecule has 3 amide bonds. The van der Waals surface area contributed by atoms with Crippen molar-refractivity contribution in [2.24, 2.45) is 0 Å². The summed E-state index contributed by atoms with van der Waals surface area (Å²) in [4.78, 5) is 107. The van der Waals surface area contributed by atoms with Gasteiger partial charge in [-0.2, -0.15) is 0 Å². The standard InChI is InChI=1S/C46H53N5O19S/c1-19-14-49(32-10-24(54)27(15-52)69-32)45(65)51(43(19)63)18-48-30(56)7-8-71-28-11-31(57)50(44(28)64)17-47-23-9-33(68-20(2)38(23)58)70-26-13-46(66,29(55)16-53)12-22-35(26)42(62)37-36(40(22)60)39(59)21-5-4-6-25(67-3)34(21)41(37)61/h4-6,14,20,23-24,26-28,32-33,38,47,52-54,58,60,62,66H,7-13,15-18H2,1-3H3,(H,48,56)/t20?,23?,24?,26-,27+,28?,32+,33?,38?,46-/m0/s1. The summed E-state index contributed by atoms with van der Waals surface area (Å²) in [6, 6.07) is 3.30. The number of fused-ring (bicyclic) bond motifs is 3. The minimum atomic E-state index is -2.41. The van der Waals surface area contributed by atoms with Gasteiger partial charge in [-0.25, -0.2) is 9.36 Å². The highest BCUT2D eigenvalue weighted by atomic mass is 32.2. The van der Waals surface area contributed by atoms with Crippen LogP contribution in [0.1, 0.15) is 99.9 Å². The summed E-state index contributed by atoms with van der Waals surface area (Å²) in [5, 5.41) is 80.4. The van der Waals surface area contributed by atoms with Gasteiger partial charge in [0.2, 0.25) is 23.5 Å². The number of carbonyl (C=O) groups is 6. The maximum atomic E-state index is 14.0. The van der Waals surface area contributed by atoms with Crippen molar-refractivity contribution in [2.45, 2.75) is 119 Å². The second kappa shape index (κ2) is 20.3. The van der Waals surface area contributed by atoms with Crippen LogP contribution < -0.4 is 26.6 Å². The molecule has 1 aromatic heterocycles. The molecule has 0 bridgehead atoms. The van der Waals surface area contributed by atoms with Gasteiger partial charge in [0.15, 0.2) is 17.9 Å². The van der Waals surface area contributed by atoms with Crippen molar-refractivity contribution >= 4 is 46.8 Å². The highest BCUT2D eigenvalue weighted by Gasteiger charge is 2.51. The molecule has 0 radical (unpaired) electrons. The molecule has 3 aliphatic heterocycles. The zero-order chi connectivity index (χ0) is 51.4. The molecule has 0 spiro atoms. The van der Waals surface area contributed by atoms with E-state index in [1.165, 1.54) is 45.4 Å². The van der Waals surface area contributed by atoms with Crippen molar-refractivity contribution in [3.63, 3.8) is 0 Å². The second-order valence-corrected chi connectivity index (χ2v) is 19.4. The number of benzene rings is 2. The number of methoxy groups -OCH3 is 1. The molecular formula is C46H53N5O19S. The van der Waals surface area contributed by atoms with Crippen LogP contribution >= 0.6 is 11.8 Å². The summed E-state index contributed by atoms with van der Waals surface area (Å²) in [5.74, 6) is -5.95. The van der Waals surface area contributed by atoms with Crippen LogP contribution in [0.4, 0.5) is 0 Å². The number of aliphatic hydroxyl groups is 5. The van der Waals surface area contributed by atoms with E-state index < -0.39 is 162 Å². The molecule has 3 saturated heterocycles. The van der Waals surface area contributed by atoms with Gasteiger partial charge in [-0.3, -0.25) is 48.3 Å². The zero-order valence-corrected chi connectivity index (χ0v) is 39.4. The Morgan fingerprint density at radius 1 is 0.972 bits per heavy atom. The van der Waals surface area contributed by atoms with E-state index in [0.29, 0.717) is 0 Å². The van der Waals surface area contributed by atoms with Crippen molar-refractivity contribution < 1.29 is 83.5 Å². The molecule has 3 aromatic rings. The number of aromatic hydroxyl groups is 2. The molecule has 5 aliphatic rings. The Hall–Kier alpha value is -5.87. The van der Waals surface area contributed by atoms with Crippen LogP contribution in [-0.4, -0.2) is 165 Å². The van der Waals surface area contributed by atoms with Crippen LogP contribution in [-0.2, 0) is 46.5 Å². The number of ether oxygens (including phenoxy) is 4. The van der Waals surface area contributed by atoms with Crippen molar-refractivity contribution in [1.82, 2.24) is 24.7 Å². The third-order valence-corrected chi connectivity index (χ3v) is 14.8. The number of phenols is 2. The molecule has 2 aliphatic carbocycles. The van der Waals surface area contributed by atoms with Gasteiger partial charge < -0.3 is 60.0 Å². The maximum absolute atomic E-state index is 14.0. The average Bonchev–Trinajstić information content (AvgIpc) is 3.85. The van der Waals surface area contributed by atoms with E-state index in [0.717, 1.165) is 25.8 Å². The van der Waals surface area contributed by atoms with E-state index in [1.54, 1.807) is 0 Å². The molecule has 24 nitrogen and oxygen atoms in total. The molecule has 6 unspecified atom stereocenters. The number of Topliss-reactive ketones (excluding diaryl/α,β-unsaturated/α-hetero) is 1.